The minimum Gasteiger partial charge on any atom is -0.478 e. The zero-order valence-corrected chi connectivity index (χ0v) is 16.6. The lowest BCUT2D eigenvalue weighted by Gasteiger charge is -2.17. The van der Waals surface area contributed by atoms with Gasteiger partial charge < -0.3 is 10.0 Å². The van der Waals surface area contributed by atoms with Gasteiger partial charge in [-0.05, 0) is 73.7 Å². The fraction of sp³-hybridized carbons (Fsp3) is 0.292. The number of anilines is 2. The first-order chi connectivity index (χ1) is 14.6. The summed E-state index contributed by atoms with van der Waals surface area (Å²) in [4.78, 5) is 26.6. The first kappa shape index (κ1) is 18.6. The van der Waals surface area contributed by atoms with Crippen LogP contribution in [0.5, 0.6) is 0 Å². The van der Waals surface area contributed by atoms with Gasteiger partial charge in [-0.15, -0.1) is 0 Å². The van der Waals surface area contributed by atoms with E-state index in [2.05, 4.69) is 34.3 Å². The molecule has 2 aromatic rings. The zero-order valence-electron chi connectivity index (χ0n) is 16.6. The number of benzene rings is 2. The Morgan fingerprint density at radius 1 is 0.967 bits per heavy atom. The van der Waals surface area contributed by atoms with Gasteiger partial charge in [0, 0.05) is 24.7 Å². The number of hydrogen-bond donors (Lipinski definition) is 1. The Kier molecular flexibility index (Phi) is 4.62. The summed E-state index contributed by atoms with van der Waals surface area (Å²) in [5.41, 5.74) is 4.45. The number of carbonyl (C=O) groups excluding carboxylic acids is 1. The van der Waals surface area contributed by atoms with E-state index in [1.54, 1.807) is 12.1 Å². The van der Waals surface area contributed by atoms with E-state index < -0.39 is 5.97 Å². The fourth-order valence-electron chi connectivity index (χ4n) is 4.07. The lowest BCUT2D eigenvalue weighted by atomic mass is 10.0. The molecule has 2 heterocycles. The number of nitrogens with zero attached hydrogens (tertiary/aromatic N) is 3. The number of rotatable bonds is 5. The second kappa shape index (κ2) is 7.44. The molecule has 2 aromatic carbocycles. The largest absolute Gasteiger partial charge is 0.478 e. The highest BCUT2D eigenvalue weighted by atomic mass is 16.4. The maximum Gasteiger partial charge on any atom is 0.335 e. The van der Waals surface area contributed by atoms with Crippen LogP contribution in [0.25, 0.3) is 6.08 Å². The molecule has 1 N–H and O–H groups in total. The summed E-state index contributed by atoms with van der Waals surface area (Å²) in [6.07, 6.45) is 6.50. The molecule has 30 heavy (non-hydrogen) atoms. The molecule has 0 spiro atoms. The molecule has 0 bridgehead atoms. The van der Waals surface area contributed by atoms with E-state index in [1.165, 1.54) is 35.7 Å². The van der Waals surface area contributed by atoms with Crippen molar-refractivity contribution >= 4 is 35.0 Å². The molecule has 2 aliphatic heterocycles. The van der Waals surface area contributed by atoms with Crippen molar-refractivity contribution in [2.75, 3.05) is 23.0 Å². The van der Waals surface area contributed by atoms with Crippen LogP contribution in [0.15, 0.2) is 59.2 Å². The van der Waals surface area contributed by atoms with Crippen LogP contribution < -0.4 is 9.91 Å². The number of aromatic carboxylic acids is 1. The van der Waals surface area contributed by atoms with Crippen molar-refractivity contribution in [3.63, 3.8) is 0 Å². The van der Waals surface area contributed by atoms with Crippen molar-refractivity contribution in [2.45, 2.75) is 25.7 Å². The van der Waals surface area contributed by atoms with Gasteiger partial charge in [0.05, 0.1) is 22.5 Å². The van der Waals surface area contributed by atoms with E-state index in [1.807, 2.05) is 6.08 Å². The lowest BCUT2D eigenvalue weighted by molar-refractivity contribution is -0.114. The standard InChI is InChI=1S/C24H23N3O3/c28-23-21(15-16-3-9-19(10-4-16)26-13-1-2-14-26)22(17-5-6-17)25-27(23)20-11-7-18(8-12-20)24(29)30/h3-4,7-12,15,17H,1-2,5-6,13-14H2,(H,29,30)/b21-15-. The van der Waals surface area contributed by atoms with Gasteiger partial charge in [0.2, 0.25) is 0 Å². The number of hydrazone groups is 1. The molecule has 1 saturated heterocycles. The predicted molar refractivity (Wildman–Crippen MR) is 117 cm³/mol. The van der Waals surface area contributed by atoms with Gasteiger partial charge in [0.15, 0.2) is 0 Å². The maximum atomic E-state index is 13.2. The second-order valence-electron chi connectivity index (χ2n) is 8.07. The summed E-state index contributed by atoms with van der Waals surface area (Å²) in [6.45, 7) is 2.21. The van der Waals surface area contributed by atoms with Crippen LogP contribution in [0, 0.1) is 5.92 Å². The van der Waals surface area contributed by atoms with Gasteiger partial charge in [-0.3, -0.25) is 4.79 Å². The van der Waals surface area contributed by atoms with Crippen molar-refractivity contribution in [3.8, 4) is 0 Å². The average molecular weight is 401 g/mol. The summed E-state index contributed by atoms with van der Waals surface area (Å²) in [5, 5.41) is 15.1. The van der Waals surface area contributed by atoms with Crippen LogP contribution in [0.4, 0.5) is 11.4 Å². The summed E-state index contributed by atoms with van der Waals surface area (Å²) in [5.74, 6) is -0.828. The van der Waals surface area contributed by atoms with Gasteiger partial charge in [-0.1, -0.05) is 12.1 Å². The third-order valence-electron chi connectivity index (χ3n) is 5.90. The molecule has 1 aliphatic carbocycles. The van der Waals surface area contributed by atoms with E-state index in [0.29, 0.717) is 17.2 Å². The first-order valence-electron chi connectivity index (χ1n) is 10.4. The van der Waals surface area contributed by atoms with E-state index >= 15 is 0 Å². The quantitative estimate of drug-likeness (QED) is 0.763. The van der Waals surface area contributed by atoms with Crippen LogP contribution in [-0.2, 0) is 4.79 Å². The molecule has 1 amide bonds. The molecule has 3 aliphatic rings. The van der Waals surface area contributed by atoms with Crippen LogP contribution in [0.1, 0.15) is 41.6 Å². The second-order valence-corrected chi connectivity index (χ2v) is 8.07. The van der Waals surface area contributed by atoms with Crippen molar-refractivity contribution < 1.29 is 14.7 Å². The van der Waals surface area contributed by atoms with Crippen molar-refractivity contribution in [1.82, 2.24) is 0 Å². The van der Waals surface area contributed by atoms with E-state index in [4.69, 9.17) is 5.11 Å². The summed E-state index contributed by atoms with van der Waals surface area (Å²) in [6, 6.07) is 14.6. The summed E-state index contributed by atoms with van der Waals surface area (Å²) >= 11 is 0. The minimum atomic E-state index is -0.991. The van der Waals surface area contributed by atoms with Gasteiger partial charge in [0.1, 0.15) is 0 Å². The van der Waals surface area contributed by atoms with Crippen molar-refractivity contribution in [1.29, 1.82) is 0 Å². The molecule has 0 aromatic heterocycles. The number of carbonyl (C=O) groups is 2. The Hall–Kier alpha value is -3.41. The van der Waals surface area contributed by atoms with Crippen LogP contribution in [0.2, 0.25) is 0 Å². The molecule has 1 saturated carbocycles. The molecule has 2 fully saturated rings. The highest BCUT2D eigenvalue weighted by Gasteiger charge is 2.39. The smallest absolute Gasteiger partial charge is 0.335 e. The average Bonchev–Trinajstić information content (AvgIpc) is 3.35. The van der Waals surface area contributed by atoms with Gasteiger partial charge in [-0.2, -0.15) is 10.1 Å². The van der Waals surface area contributed by atoms with E-state index in [-0.39, 0.29) is 11.5 Å². The van der Waals surface area contributed by atoms with Crippen LogP contribution in [-0.4, -0.2) is 35.8 Å². The normalized spacial score (nSPS) is 20.2. The number of hydrogen-bond acceptors (Lipinski definition) is 4. The molecule has 0 unspecified atom stereocenters. The SMILES string of the molecule is O=C(O)c1ccc(N2N=C(C3CC3)/C(=C/c3ccc(N4CCCC4)cc3)C2=O)cc1. The third kappa shape index (κ3) is 3.49. The van der Waals surface area contributed by atoms with Gasteiger partial charge in [-0.25, -0.2) is 4.79 Å². The Balaban J connectivity index is 1.42. The van der Waals surface area contributed by atoms with Crippen molar-refractivity contribution in [2.24, 2.45) is 11.0 Å². The predicted octanol–water partition coefficient (Wildman–Crippen LogP) is 4.18. The molecule has 0 atom stereocenters. The highest BCUT2D eigenvalue weighted by molar-refractivity contribution is 6.33. The number of carboxylic acid groups (broad SMARTS) is 1. The Labute approximate surface area is 175 Å². The highest BCUT2D eigenvalue weighted by Crippen LogP contribution is 2.38. The molecular formula is C24H23N3O3. The first-order valence-corrected chi connectivity index (χ1v) is 10.4. The third-order valence-corrected chi connectivity index (χ3v) is 5.90. The summed E-state index contributed by atoms with van der Waals surface area (Å²) < 4.78 is 0. The Morgan fingerprint density at radius 3 is 2.20 bits per heavy atom. The Morgan fingerprint density at radius 2 is 1.60 bits per heavy atom. The van der Waals surface area contributed by atoms with Crippen molar-refractivity contribution in [3.05, 3.63) is 65.2 Å². The molecule has 5 rings (SSSR count). The van der Waals surface area contributed by atoms with Gasteiger partial charge in [0.25, 0.3) is 5.91 Å². The number of amides is 1. The zero-order chi connectivity index (χ0) is 20.7. The van der Waals surface area contributed by atoms with Gasteiger partial charge >= 0.3 is 5.97 Å². The maximum absolute atomic E-state index is 13.2. The fourth-order valence-corrected chi connectivity index (χ4v) is 4.07. The molecule has 0 radical (unpaired) electrons. The lowest BCUT2D eigenvalue weighted by Crippen LogP contribution is -2.21. The van der Waals surface area contributed by atoms with Crippen LogP contribution in [0.3, 0.4) is 0 Å². The van der Waals surface area contributed by atoms with E-state index in [0.717, 1.165) is 37.2 Å². The Bertz CT molecular complexity index is 1040. The molecule has 6 heteroatoms. The topological polar surface area (TPSA) is 73.2 Å². The number of carboxylic acids is 1. The molecular weight excluding hydrogens is 378 g/mol. The summed E-state index contributed by atoms with van der Waals surface area (Å²) in [7, 11) is 0. The van der Waals surface area contributed by atoms with E-state index in [9.17, 15) is 9.59 Å². The monoisotopic (exact) mass is 401 g/mol. The van der Waals surface area contributed by atoms with Crippen LogP contribution >= 0.6 is 0 Å². The molecule has 6 nitrogen and oxygen atoms in total. The molecule has 152 valence electrons. The minimum absolute atomic E-state index is 0.163.